The molecule has 0 fully saturated rings. The molecule has 0 aliphatic rings. The number of carboxylic acids is 1. The summed E-state index contributed by atoms with van der Waals surface area (Å²) < 4.78 is 24.1. The van der Waals surface area contributed by atoms with Gasteiger partial charge in [-0.3, -0.25) is 14.9 Å². The van der Waals surface area contributed by atoms with Crippen molar-refractivity contribution in [3.05, 3.63) is 34.4 Å². The zero-order valence-electron chi connectivity index (χ0n) is 10.8. The van der Waals surface area contributed by atoms with E-state index in [9.17, 15) is 28.1 Å². The van der Waals surface area contributed by atoms with Crippen molar-refractivity contribution in [3.63, 3.8) is 0 Å². The lowest BCUT2D eigenvalue weighted by atomic mass is 10.3. The third kappa shape index (κ3) is 4.53. The number of aliphatic carboxylic acids is 1. The standard InChI is InChI=1S/C11H12N2O7S/c1-7(14)12-10(11(15)16)6-21(19,20)9-4-2-8(3-5-9)13(17)18/h2-5,10H,6H2,1H3,(H,12,14)(H,15,16). The van der Waals surface area contributed by atoms with Gasteiger partial charge < -0.3 is 10.4 Å². The average molecular weight is 316 g/mol. The number of benzene rings is 1. The van der Waals surface area contributed by atoms with Crippen LogP contribution in [0.5, 0.6) is 0 Å². The molecule has 114 valence electrons. The summed E-state index contributed by atoms with van der Waals surface area (Å²) in [5.74, 6) is -3.02. The Morgan fingerprint density at radius 3 is 2.24 bits per heavy atom. The quantitative estimate of drug-likeness (QED) is 0.553. The Morgan fingerprint density at radius 2 is 1.86 bits per heavy atom. The van der Waals surface area contributed by atoms with Crippen LogP contribution in [-0.2, 0) is 19.4 Å². The van der Waals surface area contributed by atoms with E-state index < -0.39 is 38.4 Å². The molecule has 2 N–H and O–H groups in total. The second-order valence-electron chi connectivity index (χ2n) is 4.12. The highest BCUT2D eigenvalue weighted by Crippen LogP contribution is 2.17. The highest BCUT2D eigenvalue weighted by atomic mass is 32.2. The number of nitro groups is 1. The van der Waals surface area contributed by atoms with E-state index in [1.807, 2.05) is 5.32 Å². The third-order valence-corrected chi connectivity index (χ3v) is 4.23. The summed E-state index contributed by atoms with van der Waals surface area (Å²) in [6.07, 6.45) is 0. The van der Waals surface area contributed by atoms with Gasteiger partial charge in [-0.2, -0.15) is 0 Å². The van der Waals surface area contributed by atoms with Gasteiger partial charge in [0.2, 0.25) is 5.91 Å². The Balaban J connectivity index is 3.01. The molecule has 1 amide bonds. The normalized spacial score (nSPS) is 12.4. The molecule has 0 saturated heterocycles. The van der Waals surface area contributed by atoms with Gasteiger partial charge in [-0.25, -0.2) is 13.2 Å². The van der Waals surface area contributed by atoms with Gasteiger partial charge in [0.1, 0.15) is 6.04 Å². The number of non-ortho nitro benzene ring substituents is 1. The highest BCUT2D eigenvalue weighted by Gasteiger charge is 2.27. The van der Waals surface area contributed by atoms with Crippen molar-refractivity contribution in [3.8, 4) is 0 Å². The molecule has 0 saturated carbocycles. The number of hydrogen-bond acceptors (Lipinski definition) is 6. The summed E-state index contributed by atoms with van der Waals surface area (Å²) in [6.45, 7) is 1.06. The van der Waals surface area contributed by atoms with Gasteiger partial charge in [0.15, 0.2) is 9.84 Å². The molecule has 0 spiro atoms. The van der Waals surface area contributed by atoms with E-state index in [2.05, 4.69) is 0 Å². The molecule has 1 unspecified atom stereocenters. The van der Waals surface area contributed by atoms with E-state index in [4.69, 9.17) is 5.11 Å². The first kappa shape index (κ1) is 16.6. The van der Waals surface area contributed by atoms with Crippen LogP contribution >= 0.6 is 0 Å². The van der Waals surface area contributed by atoms with Crippen molar-refractivity contribution in [2.45, 2.75) is 17.9 Å². The number of nitro benzene ring substituents is 1. The van der Waals surface area contributed by atoms with E-state index in [1.54, 1.807) is 0 Å². The number of carbonyl (C=O) groups is 2. The Bertz CT molecular complexity index is 666. The fourth-order valence-corrected chi connectivity index (χ4v) is 2.92. The number of rotatable bonds is 6. The number of hydrogen-bond donors (Lipinski definition) is 2. The molecule has 1 aromatic carbocycles. The van der Waals surface area contributed by atoms with E-state index in [1.165, 1.54) is 0 Å². The number of carbonyl (C=O) groups excluding carboxylic acids is 1. The van der Waals surface area contributed by atoms with Crippen LogP contribution in [0.15, 0.2) is 29.2 Å². The minimum Gasteiger partial charge on any atom is -0.480 e. The Labute approximate surface area is 119 Å². The maximum Gasteiger partial charge on any atom is 0.327 e. The topological polar surface area (TPSA) is 144 Å². The van der Waals surface area contributed by atoms with Crippen LogP contribution in [0.1, 0.15) is 6.92 Å². The zero-order valence-corrected chi connectivity index (χ0v) is 11.7. The fourth-order valence-electron chi connectivity index (χ4n) is 1.51. The smallest absolute Gasteiger partial charge is 0.327 e. The highest BCUT2D eigenvalue weighted by molar-refractivity contribution is 7.91. The van der Waals surface area contributed by atoms with Crippen LogP contribution in [0.4, 0.5) is 5.69 Å². The van der Waals surface area contributed by atoms with Gasteiger partial charge >= 0.3 is 5.97 Å². The first-order valence-electron chi connectivity index (χ1n) is 5.60. The molecule has 0 aromatic heterocycles. The number of sulfone groups is 1. The predicted octanol–water partition coefficient (Wildman–Crippen LogP) is -0.0422. The Hall–Kier alpha value is -2.49. The van der Waals surface area contributed by atoms with Gasteiger partial charge in [0.25, 0.3) is 5.69 Å². The van der Waals surface area contributed by atoms with Crippen molar-refractivity contribution < 1.29 is 28.0 Å². The molecule has 1 atom stereocenters. The number of amides is 1. The lowest BCUT2D eigenvalue weighted by Gasteiger charge is -2.13. The van der Waals surface area contributed by atoms with Crippen molar-refractivity contribution in [2.24, 2.45) is 0 Å². The van der Waals surface area contributed by atoms with Crippen molar-refractivity contribution in [1.82, 2.24) is 5.32 Å². The Kier molecular flexibility index (Phi) is 4.97. The van der Waals surface area contributed by atoms with E-state index in [-0.39, 0.29) is 10.6 Å². The minimum absolute atomic E-state index is 0.260. The first-order valence-corrected chi connectivity index (χ1v) is 7.26. The minimum atomic E-state index is -4.01. The molecule has 21 heavy (non-hydrogen) atoms. The molecule has 0 bridgehead atoms. The lowest BCUT2D eigenvalue weighted by molar-refractivity contribution is -0.384. The molecule has 0 aliphatic heterocycles. The van der Waals surface area contributed by atoms with Gasteiger partial charge in [0.05, 0.1) is 15.6 Å². The number of nitrogens with one attached hydrogen (secondary N) is 1. The molecule has 1 aromatic rings. The van der Waals surface area contributed by atoms with Crippen LogP contribution in [0.25, 0.3) is 0 Å². The summed E-state index contributed by atoms with van der Waals surface area (Å²) in [4.78, 5) is 31.3. The van der Waals surface area contributed by atoms with E-state index in [0.29, 0.717) is 0 Å². The summed E-state index contributed by atoms with van der Waals surface area (Å²) in [6, 6.07) is 2.44. The SMILES string of the molecule is CC(=O)NC(CS(=O)(=O)c1ccc([N+](=O)[O-])cc1)C(=O)O. The van der Waals surface area contributed by atoms with Crippen LogP contribution in [0, 0.1) is 10.1 Å². The number of carboxylic acid groups (broad SMARTS) is 1. The fraction of sp³-hybridized carbons (Fsp3) is 0.273. The number of nitrogens with zero attached hydrogens (tertiary/aromatic N) is 1. The molecule has 0 aliphatic carbocycles. The van der Waals surface area contributed by atoms with Crippen LogP contribution in [0.2, 0.25) is 0 Å². The van der Waals surface area contributed by atoms with E-state index in [0.717, 1.165) is 31.2 Å². The predicted molar refractivity (Wildman–Crippen MR) is 70.4 cm³/mol. The molecular weight excluding hydrogens is 304 g/mol. The van der Waals surface area contributed by atoms with Crippen LogP contribution in [-0.4, -0.2) is 42.1 Å². The molecular formula is C11H12N2O7S. The molecule has 1 rings (SSSR count). The monoisotopic (exact) mass is 316 g/mol. The van der Waals surface area contributed by atoms with Crippen molar-refractivity contribution in [1.29, 1.82) is 0 Å². The molecule has 9 nitrogen and oxygen atoms in total. The van der Waals surface area contributed by atoms with Gasteiger partial charge in [0, 0.05) is 19.1 Å². The molecule has 0 heterocycles. The summed E-state index contributed by atoms with van der Waals surface area (Å²) in [7, 11) is -4.01. The summed E-state index contributed by atoms with van der Waals surface area (Å²) in [5, 5.41) is 21.4. The zero-order chi connectivity index (χ0) is 16.2. The molecule has 10 heteroatoms. The maximum atomic E-state index is 12.0. The first-order chi connectivity index (χ1) is 9.63. The molecule has 0 radical (unpaired) electrons. The average Bonchev–Trinajstić information content (AvgIpc) is 2.37. The maximum absolute atomic E-state index is 12.0. The lowest BCUT2D eigenvalue weighted by Crippen LogP contribution is -2.44. The second-order valence-corrected chi connectivity index (χ2v) is 6.16. The summed E-state index contributed by atoms with van der Waals surface area (Å²) in [5.41, 5.74) is -0.286. The third-order valence-electron chi connectivity index (χ3n) is 2.47. The van der Waals surface area contributed by atoms with Gasteiger partial charge in [-0.05, 0) is 12.1 Å². The van der Waals surface area contributed by atoms with Crippen LogP contribution in [0.3, 0.4) is 0 Å². The van der Waals surface area contributed by atoms with Gasteiger partial charge in [-0.15, -0.1) is 0 Å². The van der Waals surface area contributed by atoms with Crippen LogP contribution < -0.4 is 5.32 Å². The Morgan fingerprint density at radius 1 is 1.33 bits per heavy atom. The van der Waals surface area contributed by atoms with Crippen molar-refractivity contribution in [2.75, 3.05) is 5.75 Å². The van der Waals surface area contributed by atoms with Crippen molar-refractivity contribution >= 4 is 27.4 Å². The van der Waals surface area contributed by atoms with Gasteiger partial charge in [-0.1, -0.05) is 0 Å². The summed E-state index contributed by atoms with van der Waals surface area (Å²) >= 11 is 0. The second kappa shape index (κ2) is 6.31. The largest absolute Gasteiger partial charge is 0.480 e. The van der Waals surface area contributed by atoms with E-state index >= 15 is 0 Å².